The zero-order valence-electron chi connectivity index (χ0n) is 14.0. The Hall–Kier alpha value is -1.76. The van der Waals surface area contributed by atoms with Crippen LogP contribution in [0, 0.1) is 0 Å². The summed E-state index contributed by atoms with van der Waals surface area (Å²) in [4.78, 5) is 12.0. The lowest BCUT2D eigenvalue weighted by atomic mass is 10.2. The number of amides is 1. The summed E-state index contributed by atoms with van der Waals surface area (Å²) in [5.74, 6) is 1.06. The Morgan fingerprint density at radius 1 is 1.23 bits per heavy atom. The quantitative estimate of drug-likeness (QED) is 0.679. The van der Waals surface area contributed by atoms with Crippen LogP contribution in [0.1, 0.15) is 12.8 Å². The molecular weight excluding hydrogens is 422 g/mol. The van der Waals surface area contributed by atoms with Crippen LogP contribution in [0.25, 0.3) is 0 Å². The zero-order valence-corrected chi connectivity index (χ0v) is 16.4. The second kappa shape index (κ2) is 9.26. The van der Waals surface area contributed by atoms with Crippen LogP contribution in [0.2, 0.25) is 5.02 Å². The molecule has 3 rings (SSSR count). The Bertz CT molecular complexity index is 748. The molecule has 0 saturated carbocycles. The highest BCUT2D eigenvalue weighted by atomic mass is 79.9. The van der Waals surface area contributed by atoms with Crippen molar-refractivity contribution >= 4 is 39.1 Å². The summed E-state index contributed by atoms with van der Waals surface area (Å²) in [7, 11) is 0. The lowest BCUT2D eigenvalue weighted by Gasteiger charge is -2.12. The molecule has 1 aliphatic rings. The van der Waals surface area contributed by atoms with Gasteiger partial charge >= 0.3 is 0 Å². The maximum Gasteiger partial charge on any atom is 0.262 e. The van der Waals surface area contributed by atoms with Crippen molar-refractivity contribution in [2.45, 2.75) is 18.9 Å². The fraction of sp³-hybridized carbons (Fsp3) is 0.316. The number of anilines is 1. The lowest BCUT2D eigenvalue weighted by Crippen LogP contribution is -2.20. The molecule has 1 aliphatic heterocycles. The topological polar surface area (TPSA) is 56.8 Å². The summed E-state index contributed by atoms with van der Waals surface area (Å²) in [6, 6.07) is 12.4. The van der Waals surface area contributed by atoms with Gasteiger partial charge in [0.25, 0.3) is 5.91 Å². The molecule has 5 nitrogen and oxygen atoms in total. The molecule has 1 amide bonds. The average molecular weight is 441 g/mol. The Morgan fingerprint density at radius 2 is 2.04 bits per heavy atom. The Labute approximate surface area is 165 Å². The lowest BCUT2D eigenvalue weighted by molar-refractivity contribution is -0.118. The minimum Gasteiger partial charge on any atom is -0.491 e. The second-order valence-electron chi connectivity index (χ2n) is 5.88. The highest BCUT2D eigenvalue weighted by Gasteiger charge is 2.16. The van der Waals surface area contributed by atoms with Crippen LogP contribution in [0.5, 0.6) is 11.5 Å². The van der Waals surface area contributed by atoms with E-state index in [1.807, 2.05) is 12.1 Å². The van der Waals surface area contributed by atoms with E-state index in [2.05, 4.69) is 21.2 Å². The van der Waals surface area contributed by atoms with E-state index in [0.29, 0.717) is 27.5 Å². The maximum absolute atomic E-state index is 12.0. The average Bonchev–Trinajstić information content (AvgIpc) is 3.14. The first-order valence-corrected chi connectivity index (χ1v) is 9.49. The summed E-state index contributed by atoms with van der Waals surface area (Å²) < 4.78 is 17.4. The fourth-order valence-electron chi connectivity index (χ4n) is 2.53. The van der Waals surface area contributed by atoms with E-state index >= 15 is 0 Å². The standard InChI is InChI=1S/C19H19BrClNO4/c20-17-10-13(21)3-8-18(17)26-12-19(23)22-14-4-6-15(7-5-14)25-11-16-2-1-9-24-16/h3-8,10,16H,1-2,9,11-12H2,(H,22,23). The number of rotatable bonds is 7. The van der Waals surface area contributed by atoms with Crippen molar-refractivity contribution in [1.29, 1.82) is 0 Å². The van der Waals surface area contributed by atoms with Gasteiger partial charge in [0.05, 0.1) is 10.6 Å². The fourth-order valence-corrected chi connectivity index (χ4v) is 3.33. The molecule has 0 bridgehead atoms. The smallest absolute Gasteiger partial charge is 0.262 e. The number of ether oxygens (including phenoxy) is 3. The third kappa shape index (κ3) is 5.62. The summed E-state index contributed by atoms with van der Waals surface area (Å²) in [5.41, 5.74) is 0.679. The Morgan fingerprint density at radius 3 is 2.73 bits per heavy atom. The molecule has 0 aliphatic carbocycles. The van der Waals surface area contributed by atoms with Crippen LogP contribution in [0.3, 0.4) is 0 Å². The van der Waals surface area contributed by atoms with Crippen LogP contribution in [-0.2, 0) is 9.53 Å². The van der Waals surface area contributed by atoms with Gasteiger partial charge in [-0.25, -0.2) is 0 Å². The predicted octanol–water partition coefficient (Wildman–Crippen LogP) is 4.68. The van der Waals surface area contributed by atoms with E-state index in [4.69, 9.17) is 25.8 Å². The van der Waals surface area contributed by atoms with E-state index in [-0.39, 0.29) is 18.6 Å². The largest absolute Gasteiger partial charge is 0.491 e. The van der Waals surface area contributed by atoms with Gasteiger partial charge in [-0.2, -0.15) is 0 Å². The second-order valence-corrected chi connectivity index (χ2v) is 7.17. The van der Waals surface area contributed by atoms with Crippen molar-refractivity contribution in [3.63, 3.8) is 0 Å². The maximum atomic E-state index is 12.0. The number of carbonyl (C=O) groups excluding carboxylic acids is 1. The van der Waals surface area contributed by atoms with Crippen LogP contribution >= 0.6 is 27.5 Å². The van der Waals surface area contributed by atoms with Gasteiger partial charge < -0.3 is 19.5 Å². The number of hydrogen-bond acceptors (Lipinski definition) is 4. The molecule has 1 N–H and O–H groups in total. The number of hydrogen-bond donors (Lipinski definition) is 1. The molecule has 2 aromatic rings. The van der Waals surface area contributed by atoms with Crippen molar-refractivity contribution in [2.75, 3.05) is 25.1 Å². The van der Waals surface area contributed by atoms with Gasteiger partial charge in [0.2, 0.25) is 0 Å². The van der Waals surface area contributed by atoms with E-state index in [1.165, 1.54) is 0 Å². The summed E-state index contributed by atoms with van der Waals surface area (Å²) in [5, 5.41) is 3.37. The molecule has 0 aromatic heterocycles. The molecule has 1 atom stereocenters. The number of benzene rings is 2. The Kier molecular flexibility index (Phi) is 6.77. The molecule has 26 heavy (non-hydrogen) atoms. The predicted molar refractivity (Wildman–Crippen MR) is 104 cm³/mol. The molecule has 7 heteroatoms. The molecular formula is C19H19BrClNO4. The number of carbonyl (C=O) groups is 1. The normalized spacial score (nSPS) is 16.3. The van der Waals surface area contributed by atoms with E-state index in [9.17, 15) is 4.79 Å². The molecule has 1 saturated heterocycles. The molecule has 0 spiro atoms. The van der Waals surface area contributed by atoms with E-state index in [0.717, 1.165) is 25.2 Å². The minimum atomic E-state index is -0.250. The summed E-state index contributed by atoms with van der Waals surface area (Å²) >= 11 is 9.22. The van der Waals surface area contributed by atoms with Gasteiger partial charge in [-0.05, 0) is 71.2 Å². The van der Waals surface area contributed by atoms with Crippen LogP contribution < -0.4 is 14.8 Å². The SMILES string of the molecule is O=C(COc1ccc(Cl)cc1Br)Nc1ccc(OCC2CCCO2)cc1. The van der Waals surface area contributed by atoms with Crippen molar-refractivity contribution in [3.05, 3.63) is 52.0 Å². The van der Waals surface area contributed by atoms with Crippen molar-refractivity contribution in [1.82, 2.24) is 0 Å². The molecule has 138 valence electrons. The molecule has 2 aromatic carbocycles. The van der Waals surface area contributed by atoms with E-state index < -0.39 is 0 Å². The van der Waals surface area contributed by atoms with Crippen LogP contribution in [0.15, 0.2) is 46.9 Å². The monoisotopic (exact) mass is 439 g/mol. The van der Waals surface area contributed by atoms with Crippen LogP contribution in [0.4, 0.5) is 5.69 Å². The van der Waals surface area contributed by atoms with Gasteiger partial charge in [-0.1, -0.05) is 11.6 Å². The minimum absolute atomic E-state index is 0.0997. The first kappa shape index (κ1) is 19.0. The molecule has 1 fully saturated rings. The van der Waals surface area contributed by atoms with Gasteiger partial charge in [0.1, 0.15) is 18.1 Å². The molecule has 1 unspecified atom stereocenters. The summed E-state index contributed by atoms with van der Waals surface area (Å²) in [6.45, 7) is 1.26. The first-order chi connectivity index (χ1) is 12.6. The van der Waals surface area contributed by atoms with Gasteiger partial charge in [0, 0.05) is 17.3 Å². The van der Waals surface area contributed by atoms with Crippen LogP contribution in [-0.4, -0.2) is 31.8 Å². The van der Waals surface area contributed by atoms with E-state index in [1.54, 1.807) is 30.3 Å². The van der Waals surface area contributed by atoms with Crippen molar-refractivity contribution in [3.8, 4) is 11.5 Å². The number of nitrogens with one attached hydrogen (secondary N) is 1. The van der Waals surface area contributed by atoms with Crippen molar-refractivity contribution in [2.24, 2.45) is 0 Å². The third-order valence-corrected chi connectivity index (χ3v) is 4.71. The molecule has 0 radical (unpaired) electrons. The van der Waals surface area contributed by atoms with Crippen molar-refractivity contribution < 1.29 is 19.0 Å². The first-order valence-electron chi connectivity index (χ1n) is 8.32. The highest BCUT2D eigenvalue weighted by Crippen LogP contribution is 2.28. The third-order valence-electron chi connectivity index (χ3n) is 3.85. The summed E-state index contributed by atoms with van der Waals surface area (Å²) in [6.07, 6.45) is 2.31. The number of halogens is 2. The van der Waals surface area contributed by atoms with Gasteiger partial charge in [0.15, 0.2) is 6.61 Å². The Balaban J connectivity index is 1.44. The zero-order chi connectivity index (χ0) is 18.4. The highest BCUT2D eigenvalue weighted by molar-refractivity contribution is 9.10. The molecule has 1 heterocycles. The van der Waals surface area contributed by atoms with Gasteiger partial charge in [-0.3, -0.25) is 4.79 Å². The van der Waals surface area contributed by atoms with Gasteiger partial charge in [-0.15, -0.1) is 0 Å².